The molecule has 0 aliphatic carbocycles. The highest BCUT2D eigenvalue weighted by molar-refractivity contribution is 6.02. The van der Waals surface area contributed by atoms with E-state index in [1.165, 1.54) is 33.5 Å². The molecule has 38 heavy (non-hydrogen) atoms. The van der Waals surface area contributed by atoms with E-state index in [2.05, 4.69) is 20.9 Å². The minimum Gasteiger partial charge on any atom is -0.497 e. The van der Waals surface area contributed by atoms with Crippen LogP contribution in [0.15, 0.2) is 54.6 Å². The van der Waals surface area contributed by atoms with E-state index >= 15 is 0 Å². The maximum Gasteiger partial charge on any atom is 0.319 e. The van der Waals surface area contributed by atoms with Crippen molar-refractivity contribution < 1.29 is 28.6 Å². The standard InChI is InChI=1S/C28H32N4O6/c1-28(2,3)32-27(35)30-19-10-7-17(8-11-19)21-14-20(36-4)15-22(31-21)23(33)16-29-26(34)18-9-12-24(37-5)25(13-18)38-6/h7-15H,16H2,1-6H3,(H,29,34)(H2,30,32,35). The average Bonchev–Trinajstić information content (AvgIpc) is 2.90. The Morgan fingerprint density at radius 2 is 1.53 bits per heavy atom. The maximum atomic E-state index is 12.9. The minimum atomic E-state index is -0.444. The van der Waals surface area contributed by atoms with Gasteiger partial charge in [-0.1, -0.05) is 12.1 Å². The van der Waals surface area contributed by atoms with E-state index in [1.807, 2.05) is 20.8 Å². The number of hydrogen-bond acceptors (Lipinski definition) is 7. The minimum absolute atomic E-state index is 0.138. The molecule has 3 rings (SSSR count). The molecule has 0 unspecified atom stereocenters. The number of ketones is 1. The fourth-order valence-electron chi connectivity index (χ4n) is 3.47. The number of hydrogen-bond donors (Lipinski definition) is 3. The van der Waals surface area contributed by atoms with Crippen LogP contribution in [0, 0.1) is 0 Å². The van der Waals surface area contributed by atoms with Crippen molar-refractivity contribution in [2.45, 2.75) is 26.3 Å². The Hall–Kier alpha value is -4.60. The van der Waals surface area contributed by atoms with Crippen LogP contribution in [0.4, 0.5) is 10.5 Å². The van der Waals surface area contributed by atoms with Crippen LogP contribution in [0.2, 0.25) is 0 Å². The highest BCUT2D eigenvalue weighted by Crippen LogP contribution is 2.28. The van der Waals surface area contributed by atoms with Gasteiger partial charge in [0.25, 0.3) is 5.91 Å². The van der Waals surface area contributed by atoms with Gasteiger partial charge in [0.1, 0.15) is 11.4 Å². The van der Waals surface area contributed by atoms with Gasteiger partial charge in [-0.25, -0.2) is 9.78 Å². The van der Waals surface area contributed by atoms with Crippen molar-refractivity contribution >= 4 is 23.4 Å². The second-order valence-corrected chi connectivity index (χ2v) is 9.36. The van der Waals surface area contributed by atoms with Gasteiger partial charge in [0.05, 0.1) is 33.6 Å². The summed E-state index contributed by atoms with van der Waals surface area (Å²) in [6, 6.07) is 14.7. The third-order valence-electron chi connectivity index (χ3n) is 5.30. The Morgan fingerprint density at radius 1 is 0.842 bits per heavy atom. The van der Waals surface area contributed by atoms with Gasteiger partial charge >= 0.3 is 6.03 Å². The Labute approximate surface area is 221 Å². The van der Waals surface area contributed by atoms with Crippen molar-refractivity contribution in [2.24, 2.45) is 0 Å². The molecule has 3 amide bonds. The molecular weight excluding hydrogens is 488 g/mol. The number of anilines is 1. The molecule has 1 aromatic heterocycles. The second kappa shape index (κ2) is 12.1. The summed E-state index contributed by atoms with van der Waals surface area (Å²) in [6.45, 7) is 5.42. The molecule has 0 saturated heterocycles. The van der Waals surface area contributed by atoms with E-state index in [1.54, 1.807) is 42.5 Å². The summed E-state index contributed by atoms with van der Waals surface area (Å²) in [7, 11) is 4.47. The number of Topliss-reactive ketones (excluding diaryl/α,β-unsaturated/α-hetero) is 1. The summed E-state index contributed by atoms with van der Waals surface area (Å²) < 4.78 is 15.8. The number of carbonyl (C=O) groups excluding carboxylic acids is 3. The Kier molecular flexibility index (Phi) is 8.90. The molecule has 0 spiro atoms. The van der Waals surface area contributed by atoms with E-state index in [-0.39, 0.29) is 23.8 Å². The fraction of sp³-hybridized carbons (Fsp3) is 0.286. The van der Waals surface area contributed by atoms with Crippen LogP contribution in [0.3, 0.4) is 0 Å². The van der Waals surface area contributed by atoms with Crippen molar-refractivity contribution in [3.8, 4) is 28.5 Å². The number of nitrogens with zero attached hydrogens (tertiary/aromatic N) is 1. The van der Waals surface area contributed by atoms with E-state index < -0.39 is 11.7 Å². The Balaban J connectivity index is 1.72. The summed E-state index contributed by atoms with van der Waals surface area (Å²) in [5, 5.41) is 8.22. The largest absolute Gasteiger partial charge is 0.497 e. The van der Waals surface area contributed by atoms with Gasteiger partial charge in [-0.2, -0.15) is 0 Å². The van der Waals surface area contributed by atoms with Crippen molar-refractivity contribution in [2.75, 3.05) is 33.2 Å². The summed E-state index contributed by atoms with van der Waals surface area (Å²) in [4.78, 5) is 42.1. The van der Waals surface area contributed by atoms with E-state index in [4.69, 9.17) is 14.2 Å². The van der Waals surface area contributed by atoms with E-state index in [0.29, 0.717) is 39.8 Å². The van der Waals surface area contributed by atoms with Crippen LogP contribution in [-0.2, 0) is 0 Å². The first-order valence-corrected chi connectivity index (χ1v) is 11.8. The lowest BCUT2D eigenvalue weighted by Gasteiger charge is -2.20. The maximum absolute atomic E-state index is 12.9. The van der Waals surface area contributed by atoms with Gasteiger partial charge in [-0.15, -0.1) is 0 Å². The third-order valence-corrected chi connectivity index (χ3v) is 5.30. The number of pyridine rings is 1. The summed E-state index contributed by atoms with van der Waals surface area (Å²) in [5.41, 5.74) is 1.92. The van der Waals surface area contributed by atoms with Gasteiger partial charge in [-0.05, 0) is 51.1 Å². The van der Waals surface area contributed by atoms with Crippen molar-refractivity contribution in [3.63, 3.8) is 0 Å². The molecule has 3 aromatic rings. The number of rotatable bonds is 9. The first kappa shape index (κ1) is 28.0. The van der Waals surface area contributed by atoms with Crippen molar-refractivity contribution in [1.29, 1.82) is 0 Å². The van der Waals surface area contributed by atoms with Crippen molar-refractivity contribution in [3.05, 3.63) is 65.9 Å². The molecule has 0 fully saturated rings. The summed E-state index contributed by atoms with van der Waals surface area (Å²) in [6.07, 6.45) is 0. The zero-order chi connectivity index (χ0) is 27.9. The monoisotopic (exact) mass is 520 g/mol. The number of nitrogens with one attached hydrogen (secondary N) is 3. The van der Waals surface area contributed by atoms with Gasteiger partial charge in [0.2, 0.25) is 0 Å². The molecule has 0 aliphatic rings. The predicted molar refractivity (Wildman–Crippen MR) is 144 cm³/mol. The summed E-state index contributed by atoms with van der Waals surface area (Å²) in [5.74, 6) is 0.500. The quantitative estimate of drug-likeness (QED) is 0.359. The molecule has 0 bridgehead atoms. The zero-order valence-electron chi connectivity index (χ0n) is 22.3. The van der Waals surface area contributed by atoms with Crippen LogP contribution >= 0.6 is 0 Å². The number of benzene rings is 2. The number of carbonyl (C=O) groups is 3. The molecule has 200 valence electrons. The lowest BCUT2D eigenvalue weighted by atomic mass is 10.1. The number of amides is 3. The lowest BCUT2D eigenvalue weighted by molar-refractivity contribution is 0.0902. The van der Waals surface area contributed by atoms with Gasteiger partial charge in [-0.3, -0.25) is 9.59 Å². The number of methoxy groups -OCH3 is 3. The molecule has 0 aliphatic heterocycles. The normalized spacial score (nSPS) is 10.8. The molecule has 0 radical (unpaired) electrons. The van der Waals surface area contributed by atoms with Crippen LogP contribution in [0.25, 0.3) is 11.3 Å². The number of ether oxygens (including phenoxy) is 3. The topological polar surface area (TPSA) is 128 Å². The lowest BCUT2D eigenvalue weighted by Crippen LogP contribution is -2.43. The van der Waals surface area contributed by atoms with Crippen LogP contribution in [0.5, 0.6) is 17.2 Å². The molecule has 1 heterocycles. The molecule has 10 nitrogen and oxygen atoms in total. The number of aromatic nitrogens is 1. The zero-order valence-corrected chi connectivity index (χ0v) is 22.3. The fourth-order valence-corrected chi connectivity index (χ4v) is 3.47. The smallest absolute Gasteiger partial charge is 0.319 e. The van der Waals surface area contributed by atoms with Gasteiger partial charge < -0.3 is 30.2 Å². The van der Waals surface area contributed by atoms with Crippen LogP contribution < -0.4 is 30.2 Å². The van der Waals surface area contributed by atoms with E-state index in [9.17, 15) is 14.4 Å². The highest BCUT2D eigenvalue weighted by atomic mass is 16.5. The molecule has 3 N–H and O–H groups in total. The summed E-state index contributed by atoms with van der Waals surface area (Å²) >= 11 is 0. The Bertz CT molecular complexity index is 1320. The number of urea groups is 1. The average molecular weight is 521 g/mol. The van der Waals surface area contributed by atoms with E-state index in [0.717, 1.165) is 0 Å². The first-order chi connectivity index (χ1) is 18.0. The SMILES string of the molecule is COc1cc(C(=O)CNC(=O)c2ccc(OC)c(OC)c2)nc(-c2ccc(NC(=O)NC(C)(C)C)cc2)c1. The molecule has 2 aromatic carbocycles. The third kappa shape index (κ3) is 7.45. The molecule has 0 atom stereocenters. The van der Waals surface area contributed by atoms with Crippen molar-refractivity contribution in [1.82, 2.24) is 15.6 Å². The van der Waals surface area contributed by atoms with Crippen LogP contribution in [0.1, 0.15) is 41.6 Å². The molecule has 10 heteroatoms. The first-order valence-electron chi connectivity index (χ1n) is 11.8. The molecule has 0 saturated carbocycles. The van der Waals surface area contributed by atoms with Gasteiger partial charge in [0.15, 0.2) is 17.3 Å². The van der Waals surface area contributed by atoms with Crippen LogP contribution in [-0.4, -0.2) is 56.1 Å². The second-order valence-electron chi connectivity index (χ2n) is 9.36. The highest BCUT2D eigenvalue weighted by Gasteiger charge is 2.17. The predicted octanol–water partition coefficient (Wildman–Crippen LogP) is 4.31. The Morgan fingerprint density at radius 3 is 2.13 bits per heavy atom. The van der Waals surface area contributed by atoms with Gasteiger partial charge in [0, 0.05) is 34.5 Å². The molecular formula is C28H32N4O6.